The lowest BCUT2D eigenvalue weighted by molar-refractivity contribution is -0.128. The molecule has 0 spiro atoms. The summed E-state index contributed by atoms with van der Waals surface area (Å²) >= 11 is 1.50. The van der Waals surface area contributed by atoms with Crippen LogP contribution in [0.3, 0.4) is 0 Å². The number of carbonyl (C=O) groups excluding carboxylic acids is 3. The Morgan fingerprint density at radius 1 is 0.906 bits per heavy atom. The monoisotopic (exact) mass is 457 g/mol. The number of amides is 3. The van der Waals surface area contributed by atoms with Gasteiger partial charge in [-0.05, 0) is 23.5 Å². The average Bonchev–Trinajstić information content (AvgIpc) is 2.77. The number of alkyl carbamates (subject to hydrolysis) is 1. The second-order valence-corrected chi connectivity index (χ2v) is 8.88. The molecule has 2 rings (SSSR count). The third-order valence-electron chi connectivity index (χ3n) is 4.58. The van der Waals surface area contributed by atoms with Crippen molar-refractivity contribution in [2.75, 3.05) is 5.75 Å². The van der Waals surface area contributed by atoms with Gasteiger partial charge in [0.05, 0.1) is 0 Å². The molecule has 32 heavy (non-hydrogen) atoms. The van der Waals surface area contributed by atoms with E-state index in [4.69, 9.17) is 10.5 Å². The summed E-state index contributed by atoms with van der Waals surface area (Å²) in [6.07, 6.45) is -0.280. The molecule has 0 aliphatic carbocycles. The Hall–Kier alpha value is -3.00. The predicted octanol–water partition coefficient (Wildman–Crippen LogP) is 3.23. The highest BCUT2D eigenvalue weighted by Crippen LogP contribution is 2.14. The van der Waals surface area contributed by atoms with Crippen LogP contribution in [-0.4, -0.2) is 35.7 Å². The fourth-order valence-electron chi connectivity index (χ4n) is 2.95. The lowest BCUT2D eigenvalue weighted by Gasteiger charge is -2.22. The van der Waals surface area contributed by atoms with E-state index < -0.39 is 30.0 Å². The normalized spacial score (nSPS) is 12.6. The molecule has 0 aliphatic rings. The number of nitrogens with two attached hydrogens (primary N) is 1. The first-order valence-corrected chi connectivity index (χ1v) is 11.7. The SMILES string of the molecule is CC(C)C[C@H](NC(=O)[C@H](CSCc1ccccc1)NC(=O)OCc1ccccc1)C(N)=O. The second-order valence-electron chi connectivity index (χ2n) is 7.85. The number of nitrogens with one attached hydrogen (secondary N) is 2. The molecule has 172 valence electrons. The summed E-state index contributed by atoms with van der Waals surface area (Å²) in [7, 11) is 0. The summed E-state index contributed by atoms with van der Waals surface area (Å²) in [4.78, 5) is 37.0. The summed E-state index contributed by atoms with van der Waals surface area (Å²) in [5, 5.41) is 5.30. The first-order chi connectivity index (χ1) is 15.3. The molecular formula is C24H31N3O4S. The smallest absolute Gasteiger partial charge is 0.408 e. The van der Waals surface area contributed by atoms with Crippen LogP contribution in [0.4, 0.5) is 4.79 Å². The van der Waals surface area contributed by atoms with E-state index in [0.717, 1.165) is 11.1 Å². The Morgan fingerprint density at radius 2 is 1.50 bits per heavy atom. The molecule has 0 radical (unpaired) electrons. The lowest BCUT2D eigenvalue weighted by atomic mass is 10.0. The van der Waals surface area contributed by atoms with Gasteiger partial charge in [0.1, 0.15) is 18.7 Å². The maximum absolute atomic E-state index is 12.9. The van der Waals surface area contributed by atoms with Gasteiger partial charge in [0.15, 0.2) is 0 Å². The maximum atomic E-state index is 12.9. The van der Waals surface area contributed by atoms with E-state index in [1.54, 1.807) is 0 Å². The zero-order valence-electron chi connectivity index (χ0n) is 18.5. The molecule has 0 unspecified atom stereocenters. The Morgan fingerprint density at radius 3 is 2.06 bits per heavy atom. The molecule has 0 aromatic heterocycles. The van der Waals surface area contributed by atoms with Gasteiger partial charge in [0, 0.05) is 11.5 Å². The molecule has 0 saturated heterocycles. The van der Waals surface area contributed by atoms with Crippen molar-refractivity contribution in [3.8, 4) is 0 Å². The Kier molecular flexibility index (Phi) is 10.6. The van der Waals surface area contributed by atoms with Crippen molar-refractivity contribution in [2.24, 2.45) is 11.7 Å². The van der Waals surface area contributed by atoms with Gasteiger partial charge in [-0.15, -0.1) is 0 Å². The zero-order chi connectivity index (χ0) is 23.3. The number of thioether (sulfide) groups is 1. The van der Waals surface area contributed by atoms with Gasteiger partial charge in [-0.1, -0.05) is 74.5 Å². The first kappa shape index (κ1) is 25.3. The molecule has 3 amide bonds. The van der Waals surface area contributed by atoms with Crippen LogP contribution in [0.5, 0.6) is 0 Å². The highest BCUT2D eigenvalue weighted by Gasteiger charge is 2.26. The van der Waals surface area contributed by atoms with Gasteiger partial charge in [-0.3, -0.25) is 9.59 Å². The van der Waals surface area contributed by atoms with E-state index in [1.807, 2.05) is 74.5 Å². The Labute approximate surface area is 193 Å². The first-order valence-electron chi connectivity index (χ1n) is 10.5. The average molecular weight is 458 g/mol. The van der Waals surface area contributed by atoms with E-state index in [9.17, 15) is 14.4 Å². The van der Waals surface area contributed by atoms with E-state index >= 15 is 0 Å². The van der Waals surface area contributed by atoms with Crippen molar-refractivity contribution in [3.63, 3.8) is 0 Å². The number of primary amides is 1. The summed E-state index contributed by atoms with van der Waals surface area (Å²) in [6.45, 7) is 3.97. The van der Waals surface area contributed by atoms with Crippen molar-refractivity contribution in [1.29, 1.82) is 0 Å². The van der Waals surface area contributed by atoms with Gasteiger partial charge < -0.3 is 21.1 Å². The molecule has 0 aliphatic heterocycles. The highest BCUT2D eigenvalue weighted by atomic mass is 32.2. The lowest BCUT2D eigenvalue weighted by Crippen LogP contribution is -2.54. The number of benzene rings is 2. The third kappa shape index (κ3) is 9.43. The molecule has 0 bridgehead atoms. The molecule has 0 heterocycles. The van der Waals surface area contributed by atoms with Crippen LogP contribution in [0, 0.1) is 5.92 Å². The van der Waals surface area contributed by atoms with Crippen LogP contribution in [-0.2, 0) is 26.7 Å². The van der Waals surface area contributed by atoms with Gasteiger partial charge in [-0.2, -0.15) is 11.8 Å². The van der Waals surface area contributed by atoms with Crippen LogP contribution in [0.2, 0.25) is 0 Å². The van der Waals surface area contributed by atoms with Crippen LogP contribution in [0.1, 0.15) is 31.4 Å². The third-order valence-corrected chi connectivity index (χ3v) is 5.69. The van der Waals surface area contributed by atoms with Gasteiger partial charge >= 0.3 is 6.09 Å². The highest BCUT2D eigenvalue weighted by molar-refractivity contribution is 7.98. The molecule has 2 atom stereocenters. The molecule has 2 aromatic carbocycles. The maximum Gasteiger partial charge on any atom is 0.408 e. The quantitative estimate of drug-likeness (QED) is 0.453. The Balaban J connectivity index is 1.98. The van der Waals surface area contributed by atoms with Crippen molar-refractivity contribution < 1.29 is 19.1 Å². The molecule has 8 heteroatoms. The molecular weight excluding hydrogens is 426 g/mol. The van der Waals surface area contributed by atoms with E-state index in [-0.39, 0.29) is 12.5 Å². The largest absolute Gasteiger partial charge is 0.445 e. The fourth-order valence-corrected chi connectivity index (χ4v) is 3.97. The van der Waals surface area contributed by atoms with Crippen LogP contribution in [0.15, 0.2) is 60.7 Å². The minimum absolute atomic E-state index is 0.0927. The Bertz CT molecular complexity index is 862. The van der Waals surface area contributed by atoms with Crippen molar-refractivity contribution in [1.82, 2.24) is 10.6 Å². The number of hydrogen-bond acceptors (Lipinski definition) is 5. The number of carbonyl (C=O) groups is 3. The topological polar surface area (TPSA) is 111 Å². The van der Waals surface area contributed by atoms with E-state index in [1.165, 1.54) is 11.8 Å². The van der Waals surface area contributed by atoms with Crippen molar-refractivity contribution >= 4 is 29.7 Å². The number of rotatable bonds is 12. The fraction of sp³-hybridized carbons (Fsp3) is 0.375. The van der Waals surface area contributed by atoms with Gasteiger partial charge in [0.2, 0.25) is 11.8 Å². The summed E-state index contributed by atoms with van der Waals surface area (Å²) < 4.78 is 5.26. The van der Waals surface area contributed by atoms with Gasteiger partial charge in [-0.25, -0.2) is 4.79 Å². The summed E-state index contributed by atoms with van der Waals surface area (Å²) in [6, 6.07) is 17.4. The van der Waals surface area contributed by atoms with Gasteiger partial charge in [0.25, 0.3) is 0 Å². The van der Waals surface area contributed by atoms with E-state index in [0.29, 0.717) is 17.9 Å². The zero-order valence-corrected chi connectivity index (χ0v) is 19.3. The molecule has 2 aromatic rings. The van der Waals surface area contributed by atoms with Crippen LogP contribution < -0.4 is 16.4 Å². The number of hydrogen-bond donors (Lipinski definition) is 3. The molecule has 4 N–H and O–H groups in total. The molecule has 0 fully saturated rings. The van der Waals surface area contributed by atoms with E-state index in [2.05, 4.69) is 10.6 Å². The van der Waals surface area contributed by atoms with Crippen LogP contribution in [0.25, 0.3) is 0 Å². The van der Waals surface area contributed by atoms with Crippen LogP contribution >= 0.6 is 11.8 Å². The number of ether oxygens (including phenoxy) is 1. The predicted molar refractivity (Wildman–Crippen MR) is 127 cm³/mol. The molecule has 7 nitrogen and oxygen atoms in total. The second kappa shape index (κ2) is 13.4. The minimum Gasteiger partial charge on any atom is -0.445 e. The standard InChI is InChI=1S/C24H31N3O4S/c1-17(2)13-20(22(25)28)26-23(29)21(16-32-15-19-11-7-4-8-12-19)27-24(30)31-14-18-9-5-3-6-10-18/h3-12,17,20-21H,13-16H2,1-2H3,(H2,25,28)(H,26,29)(H,27,30)/t20-,21-/m0/s1. The van der Waals surface area contributed by atoms with Crippen molar-refractivity contribution in [3.05, 3.63) is 71.8 Å². The molecule has 0 saturated carbocycles. The summed E-state index contributed by atoms with van der Waals surface area (Å²) in [5.41, 5.74) is 7.40. The minimum atomic E-state index is -0.874. The summed E-state index contributed by atoms with van der Waals surface area (Å²) in [5.74, 6) is 0.0915. The van der Waals surface area contributed by atoms with Crippen molar-refractivity contribution in [2.45, 2.75) is 44.7 Å².